The van der Waals surface area contributed by atoms with Crippen molar-refractivity contribution in [2.45, 2.75) is 12.5 Å². The van der Waals surface area contributed by atoms with Crippen LogP contribution in [0.3, 0.4) is 0 Å². The van der Waals surface area contributed by atoms with Gasteiger partial charge in [0.1, 0.15) is 0 Å². The monoisotopic (exact) mass is 394 g/mol. The summed E-state index contributed by atoms with van der Waals surface area (Å²) in [6, 6.07) is 0. The normalized spacial score (nSPS) is 19.4. The van der Waals surface area contributed by atoms with E-state index in [-0.39, 0.29) is 28.8 Å². The maximum absolute atomic E-state index is 12.4. The third kappa shape index (κ3) is 5.05. The van der Waals surface area contributed by atoms with Crippen molar-refractivity contribution in [3.63, 3.8) is 0 Å². The smallest absolute Gasteiger partial charge is 0.375 e. The predicted octanol–water partition coefficient (Wildman–Crippen LogP) is 0.427. The third-order valence-electron chi connectivity index (χ3n) is 2.96. The molecule has 25 heavy (non-hydrogen) atoms. The fraction of sp³-hybridized carbons (Fsp3) is 0.571. The van der Waals surface area contributed by atoms with E-state index in [0.29, 0.717) is 0 Å². The highest BCUT2D eigenvalue weighted by Crippen LogP contribution is 2.42. The number of methoxy groups -OCH3 is 2. The number of ether oxygens (including phenoxy) is 4. The van der Waals surface area contributed by atoms with Crippen molar-refractivity contribution < 1.29 is 43.2 Å². The van der Waals surface area contributed by atoms with Gasteiger partial charge in [0.2, 0.25) is 5.76 Å². The molecule has 140 valence electrons. The van der Waals surface area contributed by atoms with Crippen molar-refractivity contribution in [2.75, 3.05) is 38.1 Å². The van der Waals surface area contributed by atoms with E-state index < -0.39 is 35.2 Å². The number of hydrogen-bond acceptors (Lipinski definition) is 11. The van der Waals surface area contributed by atoms with E-state index in [0.717, 1.165) is 23.5 Å². The molecule has 0 radical (unpaired) electrons. The lowest BCUT2D eigenvalue weighted by molar-refractivity contribution is -0.169. The summed E-state index contributed by atoms with van der Waals surface area (Å²) in [4.78, 5) is 46.7. The molecular formula is C14H18O9S2. The van der Waals surface area contributed by atoms with Gasteiger partial charge in [-0.3, -0.25) is 9.59 Å². The van der Waals surface area contributed by atoms with Crippen molar-refractivity contribution in [3.8, 4) is 0 Å². The van der Waals surface area contributed by atoms with E-state index in [1.54, 1.807) is 6.92 Å². The highest BCUT2D eigenvalue weighted by molar-refractivity contribution is 8.04. The van der Waals surface area contributed by atoms with Gasteiger partial charge in [0.25, 0.3) is 5.60 Å². The Balaban J connectivity index is 3.09. The Morgan fingerprint density at radius 1 is 1.16 bits per heavy atom. The number of cyclic esters (lactones) is 1. The van der Waals surface area contributed by atoms with Crippen LogP contribution in [0.1, 0.15) is 6.92 Å². The van der Waals surface area contributed by atoms with Gasteiger partial charge in [0.05, 0.1) is 43.0 Å². The van der Waals surface area contributed by atoms with Gasteiger partial charge in [-0.1, -0.05) is 0 Å². The van der Waals surface area contributed by atoms with Gasteiger partial charge in [-0.15, -0.1) is 23.5 Å². The molecule has 1 atom stereocenters. The summed E-state index contributed by atoms with van der Waals surface area (Å²) in [5.74, 6) is -4.51. The zero-order valence-electron chi connectivity index (χ0n) is 13.9. The summed E-state index contributed by atoms with van der Waals surface area (Å²) >= 11 is 1.69. The molecule has 11 heteroatoms. The number of esters is 4. The molecule has 1 unspecified atom stereocenters. The number of carbonyl (C=O) groups excluding carboxylic acids is 4. The van der Waals surface area contributed by atoms with Crippen molar-refractivity contribution >= 4 is 47.4 Å². The average molecular weight is 394 g/mol. The summed E-state index contributed by atoms with van der Waals surface area (Å²) in [6.07, 6.45) is 0. The SMILES string of the molecule is CCOC(=O)C1(CSCC(=O)OC)OC(=O)C(O)=C1SCC(=O)OC. The first-order valence-corrected chi connectivity index (χ1v) is 9.14. The van der Waals surface area contributed by atoms with E-state index in [2.05, 4.69) is 9.47 Å². The minimum atomic E-state index is -1.94. The maximum atomic E-state index is 12.4. The lowest BCUT2D eigenvalue weighted by Crippen LogP contribution is -2.45. The lowest BCUT2D eigenvalue weighted by Gasteiger charge is -2.27. The number of rotatable bonds is 9. The van der Waals surface area contributed by atoms with E-state index in [1.807, 2.05) is 0 Å². The Morgan fingerprint density at radius 3 is 2.32 bits per heavy atom. The van der Waals surface area contributed by atoms with Crippen LogP contribution in [-0.4, -0.2) is 72.7 Å². The first-order valence-electron chi connectivity index (χ1n) is 7.00. The highest BCUT2D eigenvalue weighted by atomic mass is 32.2. The second kappa shape index (κ2) is 9.56. The van der Waals surface area contributed by atoms with Crippen LogP contribution in [0.4, 0.5) is 0 Å². The molecule has 0 amide bonds. The Morgan fingerprint density at radius 2 is 1.76 bits per heavy atom. The molecule has 0 saturated carbocycles. The summed E-state index contributed by atoms with van der Waals surface area (Å²) in [5, 5.41) is 9.97. The molecule has 0 spiro atoms. The van der Waals surface area contributed by atoms with E-state index >= 15 is 0 Å². The zero-order chi connectivity index (χ0) is 19.0. The largest absolute Gasteiger partial charge is 0.501 e. The number of hydrogen-bond donors (Lipinski definition) is 1. The molecule has 9 nitrogen and oxygen atoms in total. The van der Waals surface area contributed by atoms with Crippen LogP contribution in [0, 0.1) is 0 Å². The third-order valence-corrected chi connectivity index (χ3v) is 5.20. The Bertz CT molecular complexity index is 587. The van der Waals surface area contributed by atoms with E-state index in [1.165, 1.54) is 14.2 Å². The van der Waals surface area contributed by atoms with Crippen LogP contribution in [0.15, 0.2) is 10.7 Å². The van der Waals surface area contributed by atoms with Crippen molar-refractivity contribution in [1.82, 2.24) is 0 Å². The van der Waals surface area contributed by atoms with Gasteiger partial charge in [-0.05, 0) is 6.92 Å². The summed E-state index contributed by atoms with van der Waals surface area (Å²) < 4.78 is 19.0. The maximum Gasteiger partial charge on any atom is 0.375 e. The van der Waals surface area contributed by atoms with Crippen LogP contribution in [0.2, 0.25) is 0 Å². The first kappa shape index (κ1) is 21.2. The molecule has 1 N–H and O–H groups in total. The molecule has 0 aromatic rings. The van der Waals surface area contributed by atoms with Gasteiger partial charge in [-0.2, -0.15) is 0 Å². The van der Waals surface area contributed by atoms with Crippen LogP contribution >= 0.6 is 23.5 Å². The molecule has 1 aliphatic rings. The van der Waals surface area contributed by atoms with Crippen molar-refractivity contribution in [1.29, 1.82) is 0 Å². The lowest BCUT2D eigenvalue weighted by atomic mass is 10.1. The number of carbonyl (C=O) groups is 4. The molecule has 0 aliphatic carbocycles. The van der Waals surface area contributed by atoms with Crippen LogP contribution in [0.25, 0.3) is 0 Å². The van der Waals surface area contributed by atoms with E-state index in [4.69, 9.17) is 9.47 Å². The van der Waals surface area contributed by atoms with Crippen LogP contribution < -0.4 is 0 Å². The summed E-state index contributed by atoms with van der Waals surface area (Å²) in [5.41, 5.74) is -1.94. The summed E-state index contributed by atoms with van der Waals surface area (Å²) in [7, 11) is 2.39. The van der Waals surface area contributed by atoms with Crippen LogP contribution in [-0.2, 0) is 38.1 Å². The minimum Gasteiger partial charge on any atom is -0.501 e. The number of aliphatic hydroxyl groups excluding tert-OH is 1. The minimum absolute atomic E-state index is 0.00944. The zero-order valence-corrected chi connectivity index (χ0v) is 15.5. The van der Waals surface area contributed by atoms with Crippen molar-refractivity contribution in [3.05, 3.63) is 10.7 Å². The van der Waals surface area contributed by atoms with Crippen LogP contribution in [0.5, 0.6) is 0 Å². The molecular weight excluding hydrogens is 376 g/mol. The second-order valence-corrected chi connectivity index (χ2v) is 6.52. The van der Waals surface area contributed by atoms with Gasteiger partial charge >= 0.3 is 23.9 Å². The van der Waals surface area contributed by atoms with Gasteiger partial charge in [-0.25, -0.2) is 9.59 Å². The quantitative estimate of drug-likeness (QED) is 0.432. The second-order valence-electron chi connectivity index (χ2n) is 4.55. The molecule has 1 rings (SSSR count). The standard InChI is InChI=1S/C14H18O9S2/c1-4-22-13(19)14(7-24-5-8(15)20-2)11(10(17)12(18)23-14)25-6-9(16)21-3/h17H,4-7H2,1-3H3. The molecule has 0 saturated heterocycles. The molecule has 1 heterocycles. The predicted molar refractivity (Wildman–Crippen MR) is 88.9 cm³/mol. The Labute approximate surface area is 152 Å². The van der Waals surface area contributed by atoms with Gasteiger partial charge < -0.3 is 24.1 Å². The Hall–Kier alpha value is -1.88. The van der Waals surface area contributed by atoms with Gasteiger partial charge in [0, 0.05) is 0 Å². The highest BCUT2D eigenvalue weighted by Gasteiger charge is 2.55. The molecule has 0 fully saturated rings. The van der Waals surface area contributed by atoms with Crippen molar-refractivity contribution in [2.24, 2.45) is 0 Å². The molecule has 0 bridgehead atoms. The molecule has 0 aromatic carbocycles. The molecule has 0 aromatic heterocycles. The summed E-state index contributed by atoms with van der Waals surface area (Å²) in [6.45, 7) is 1.57. The Kier molecular flexibility index (Phi) is 8.10. The topological polar surface area (TPSA) is 125 Å². The van der Waals surface area contributed by atoms with Gasteiger partial charge in [0.15, 0.2) is 0 Å². The number of thioether (sulfide) groups is 2. The fourth-order valence-electron chi connectivity index (χ4n) is 1.78. The fourth-order valence-corrected chi connectivity index (χ4v) is 3.90. The van der Waals surface area contributed by atoms with E-state index in [9.17, 15) is 24.3 Å². The number of aliphatic hydroxyl groups is 1. The average Bonchev–Trinajstić information content (AvgIpc) is 2.84. The first-order chi connectivity index (χ1) is 11.8. The molecule has 1 aliphatic heterocycles.